The number of hydrogen-bond acceptors (Lipinski definition) is 4. The van der Waals surface area contributed by atoms with Crippen molar-refractivity contribution >= 4 is 5.96 Å². The molecule has 29 heavy (non-hydrogen) atoms. The van der Waals surface area contributed by atoms with E-state index in [0.717, 1.165) is 64.6 Å². The van der Waals surface area contributed by atoms with Crippen molar-refractivity contribution in [1.82, 2.24) is 20.4 Å². The lowest BCUT2D eigenvalue weighted by Gasteiger charge is -2.37. The predicted molar refractivity (Wildman–Crippen MR) is 110 cm³/mol. The quantitative estimate of drug-likeness (QED) is 0.465. The molecule has 6 nitrogen and oxygen atoms in total. The summed E-state index contributed by atoms with van der Waals surface area (Å²) >= 11 is 0. The molecular weight excluding hydrogens is 383 g/mol. The van der Waals surface area contributed by atoms with Gasteiger partial charge in [-0.1, -0.05) is 0 Å². The second kappa shape index (κ2) is 12.0. The number of likely N-dealkylation sites (tertiary alicyclic amines) is 1. The molecule has 0 aromatic heterocycles. The molecule has 0 radical (unpaired) electrons. The molecule has 2 aliphatic rings. The number of aliphatic imine (C=N–C) groups is 1. The zero-order chi connectivity index (χ0) is 21.3. The van der Waals surface area contributed by atoms with Gasteiger partial charge in [0.05, 0.1) is 26.3 Å². The van der Waals surface area contributed by atoms with E-state index in [1.807, 2.05) is 6.92 Å². The molecule has 0 amide bonds. The highest BCUT2D eigenvalue weighted by atomic mass is 19.4. The molecule has 2 saturated heterocycles. The minimum atomic E-state index is -4.10. The van der Waals surface area contributed by atoms with Gasteiger partial charge in [0.2, 0.25) is 0 Å². The summed E-state index contributed by atoms with van der Waals surface area (Å²) in [5.41, 5.74) is 0. The van der Waals surface area contributed by atoms with E-state index < -0.39 is 12.7 Å². The first kappa shape index (κ1) is 24.2. The number of piperidine rings is 1. The van der Waals surface area contributed by atoms with E-state index >= 15 is 0 Å². The van der Waals surface area contributed by atoms with Crippen LogP contribution in [0.2, 0.25) is 0 Å². The minimum Gasteiger partial charge on any atom is -0.379 e. The zero-order valence-electron chi connectivity index (χ0n) is 18.1. The maximum atomic E-state index is 12.5. The maximum Gasteiger partial charge on any atom is 0.401 e. The number of ether oxygens (including phenoxy) is 1. The van der Waals surface area contributed by atoms with Gasteiger partial charge < -0.3 is 15.4 Å². The monoisotopic (exact) mass is 421 g/mol. The summed E-state index contributed by atoms with van der Waals surface area (Å²) in [5, 5.41) is 6.67. The molecular formula is C20H38F3N5O. The van der Waals surface area contributed by atoms with E-state index in [2.05, 4.69) is 29.4 Å². The summed E-state index contributed by atoms with van der Waals surface area (Å²) in [5.74, 6) is 1.29. The number of rotatable bonds is 8. The normalized spacial score (nSPS) is 24.5. The third-order valence-electron chi connectivity index (χ3n) is 5.80. The van der Waals surface area contributed by atoms with Crippen LogP contribution in [0, 0.1) is 5.92 Å². The Bertz CT molecular complexity index is 495. The lowest BCUT2D eigenvalue weighted by molar-refractivity contribution is -0.148. The largest absolute Gasteiger partial charge is 0.401 e. The summed E-state index contributed by atoms with van der Waals surface area (Å²) in [7, 11) is 0. The van der Waals surface area contributed by atoms with Crippen LogP contribution in [0.1, 0.15) is 40.0 Å². The topological polar surface area (TPSA) is 52.1 Å². The molecule has 0 aromatic carbocycles. The summed E-state index contributed by atoms with van der Waals surface area (Å²) < 4.78 is 43.0. The molecule has 0 saturated carbocycles. The van der Waals surface area contributed by atoms with Gasteiger partial charge in [-0.05, 0) is 59.0 Å². The molecule has 2 rings (SSSR count). The van der Waals surface area contributed by atoms with Crippen LogP contribution in [0.3, 0.4) is 0 Å². The van der Waals surface area contributed by atoms with E-state index in [1.165, 1.54) is 4.90 Å². The van der Waals surface area contributed by atoms with Crippen LogP contribution in [-0.2, 0) is 4.74 Å². The summed E-state index contributed by atoms with van der Waals surface area (Å²) in [6, 6.07) is 0.759. The highest BCUT2D eigenvalue weighted by Gasteiger charge is 2.32. The van der Waals surface area contributed by atoms with Gasteiger partial charge in [0.25, 0.3) is 0 Å². The van der Waals surface area contributed by atoms with Crippen molar-refractivity contribution < 1.29 is 17.9 Å². The molecule has 2 N–H and O–H groups in total. The van der Waals surface area contributed by atoms with E-state index in [1.54, 1.807) is 0 Å². The first-order chi connectivity index (χ1) is 13.8. The SMILES string of the molecule is CCNC(=NCC(C)N1CCOCC1C)NCCC1CCN(CC(F)(F)F)CC1. The summed E-state index contributed by atoms with van der Waals surface area (Å²) in [6.07, 6.45) is -1.48. The fraction of sp³-hybridized carbons (Fsp3) is 0.950. The van der Waals surface area contributed by atoms with Crippen LogP contribution in [-0.4, -0.2) is 93.0 Å². The van der Waals surface area contributed by atoms with E-state index in [9.17, 15) is 13.2 Å². The lowest BCUT2D eigenvalue weighted by atomic mass is 9.93. The van der Waals surface area contributed by atoms with Crippen molar-refractivity contribution in [2.45, 2.75) is 58.3 Å². The van der Waals surface area contributed by atoms with E-state index in [4.69, 9.17) is 9.73 Å². The van der Waals surface area contributed by atoms with Crippen molar-refractivity contribution in [3.8, 4) is 0 Å². The fourth-order valence-electron chi connectivity index (χ4n) is 4.15. The highest BCUT2D eigenvalue weighted by molar-refractivity contribution is 5.79. The molecule has 0 bridgehead atoms. The molecule has 0 aliphatic carbocycles. The number of nitrogens with one attached hydrogen (secondary N) is 2. The van der Waals surface area contributed by atoms with Crippen molar-refractivity contribution in [1.29, 1.82) is 0 Å². The molecule has 2 unspecified atom stereocenters. The Morgan fingerprint density at radius 1 is 1.21 bits per heavy atom. The number of nitrogens with zero attached hydrogens (tertiary/aromatic N) is 3. The van der Waals surface area contributed by atoms with Crippen LogP contribution >= 0.6 is 0 Å². The van der Waals surface area contributed by atoms with Crippen LogP contribution < -0.4 is 10.6 Å². The fourth-order valence-corrected chi connectivity index (χ4v) is 4.15. The number of halogens is 3. The smallest absolute Gasteiger partial charge is 0.379 e. The van der Waals surface area contributed by atoms with Gasteiger partial charge >= 0.3 is 6.18 Å². The standard InChI is InChI=1S/C20H38F3N5O/c1-4-24-19(26-13-16(2)28-11-12-29-14-17(28)3)25-8-5-18-6-9-27(10-7-18)15-20(21,22)23/h16-18H,4-15H2,1-3H3,(H2,24,25,26). The molecule has 9 heteroatoms. The van der Waals surface area contributed by atoms with Gasteiger partial charge in [0.1, 0.15) is 0 Å². The zero-order valence-corrected chi connectivity index (χ0v) is 18.1. The Morgan fingerprint density at radius 2 is 1.93 bits per heavy atom. The lowest BCUT2D eigenvalue weighted by Crippen LogP contribution is -2.49. The van der Waals surface area contributed by atoms with Crippen LogP contribution in [0.4, 0.5) is 13.2 Å². The van der Waals surface area contributed by atoms with Gasteiger partial charge in [-0.3, -0.25) is 14.8 Å². The highest BCUT2D eigenvalue weighted by Crippen LogP contribution is 2.24. The first-order valence-electron chi connectivity index (χ1n) is 10.9. The van der Waals surface area contributed by atoms with E-state index in [0.29, 0.717) is 31.1 Å². The molecule has 0 spiro atoms. The van der Waals surface area contributed by atoms with Crippen molar-refractivity contribution in [3.63, 3.8) is 0 Å². The maximum absolute atomic E-state index is 12.5. The predicted octanol–water partition coefficient (Wildman–Crippen LogP) is 2.32. The van der Waals surface area contributed by atoms with Gasteiger partial charge in [-0.15, -0.1) is 0 Å². The third-order valence-corrected chi connectivity index (χ3v) is 5.80. The Balaban J connectivity index is 1.70. The van der Waals surface area contributed by atoms with Gasteiger partial charge in [-0.2, -0.15) is 13.2 Å². The van der Waals surface area contributed by atoms with Gasteiger partial charge in [0, 0.05) is 31.7 Å². The number of guanidine groups is 1. The van der Waals surface area contributed by atoms with Crippen molar-refractivity contribution in [2.75, 3.05) is 59.0 Å². The van der Waals surface area contributed by atoms with Crippen LogP contribution in [0.15, 0.2) is 4.99 Å². The molecule has 2 atom stereocenters. The average molecular weight is 422 g/mol. The van der Waals surface area contributed by atoms with Crippen LogP contribution in [0.5, 0.6) is 0 Å². The number of alkyl halides is 3. The Kier molecular flexibility index (Phi) is 9.98. The second-order valence-electron chi connectivity index (χ2n) is 8.28. The number of hydrogen-bond donors (Lipinski definition) is 2. The molecule has 2 fully saturated rings. The van der Waals surface area contributed by atoms with Gasteiger partial charge in [-0.25, -0.2) is 0 Å². The molecule has 2 heterocycles. The van der Waals surface area contributed by atoms with Crippen molar-refractivity contribution in [3.05, 3.63) is 0 Å². The van der Waals surface area contributed by atoms with Gasteiger partial charge in [0.15, 0.2) is 5.96 Å². The minimum absolute atomic E-state index is 0.349. The average Bonchev–Trinajstić information content (AvgIpc) is 2.66. The van der Waals surface area contributed by atoms with Crippen molar-refractivity contribution in [2.24, 2.45) is 10.9 Å². The third kappa shape index (κ3) is 9.09. The molecule has 0 aromatic rings. The summed E-state index contributed by atoms with van der Waals surface area (Å²) in [4.78, 5) is 8.69. The summed E-state index contributed by atoms with van der Waals surface area (Å²) in [6.45, 7) is 11.5. The first-order valence-corrected chi connectivity index (χ1v) is 10.9. The molecule has 2 aliphatic heterocycles. The number of morpholine rings is 1. The van der Waals surface area contributed by atoms with Crippen LogP contribution in [0.25, 0.3) is 0 Å². The molecule has 170 valence electrons. The Morgan fingerprint density at radius 3 is 2.55 bits per heavy atom. The Hall–Kier alpha value is -1.06. The Labute approximate surface area is 173 Å². The van der Waals surface area contributed by atoms with E-state index in [-0.39, 0.29) is 0 Å². The second-order valence-corrected chi connectivity index (χ2v) is 8.28.